The van der Waals surface area contributed by atoms with Crippen LogP contribution in [0.5, 0.6) is 11.5 Å². The van der Waals surface area contributed by atoms with Crippen LogP contribution in [0.1, 0.15) is 26.7 Å². The third kappa shape index (κ3) is 3.42. The molecule has 110 valence electrons. The van der Waals surface area contributed by atoms with Crippen LogP contribution < -0.4 is 20.5 Å². The van der Waals surface area contributed by atoms with Crippen LogP contribution in [-0.4, -0.2) is 25.2 Å². The number of carbonyl (C=O) groups excluding carboxylic acids is 1. The quantitative estimate of drug-likeness (QED) is 0.885. The van der Waals surface area contributed by atoms with Crippen LogP contribution in [0.15, 0.2) is 18.2 Å². The molecule has 0 saturated heterocycles. The molecule has 1 heterocycles. The zero-order valence-electron chi connectivity index (χ0n) is 12.0. The molecule has 0 aromatic heterocycles. The van der Waals surface area contributed by atoms with E-state index < -0.39 is 6.04 Å². The van der Waals surface area contributed by atoms with E-state index in [1.165, 1.54) is 0 Å². The number of hydrogen-bond donors (Lipinski definition) is 2. The van der Waals surface area contributed by atoms with Crippen LogP contribution >= 0.6 is 0 Å². The summed E-state index contributed by atoms with van der Waals surface area (Å²) in [4.78, 5) is 12.0. The van der Waals surface area contributed by atoms with Gasteiger partial charge in [-0.05, 0) is 18.1 Å². The van der Waals surface area contributed by atoms with E-state index in [1.54, 1.807) is 12.1 Å². The molecule has 0 aliphatic carbocycles. The van der Waals surface area contributed by atoms with Crippen molar-refractivity contribution in [1.29, 1.82) is 0 Å². The summed E-state index contributed by atoms with van der Waals surface area (Å²) in [7, 11) is 0. The number of amides is 1. The Hall–Kier alpha value is -1.75. The molecular weight excluding hydrogens is 256 g/mol. The van der Waals surface area contributed by atoms with E-state index in [1.807, 2.05) is 19.9 Å². The highest BCUT2D eigenvalue weighted by Gasteiger charge is 2.20. The van der Waals surface area contributed by atoms with E-state index >= 15 is 0 Å². The van der Waals surface area contributed by atoms with Crippen molar-refractivity contribution in [2.24, 2.45) is 11.7 Å². The Balaban J connectivity index is 2.06. The molecule has 1 aromatic carbocycles. The van der Waals surface area contributed by atoms with E-state index in [9.17, 15) is 4.79 Å². The Bertz CT molecular complexity index is 476. The molecule has 0 spiro atoms. The molecule has 0 fully saturated rings. The number of nitrogens with two attached hydrogens (primary N) is 1. The van der Waals surface area contributed by atoms with Gasteiger partial charge in [0.2, 0.25) is 5.91 Å². The first-order valence-electron chi connectivity index (χ1n) is 7.08. The van der Waals surface area contributed by atoms with Crippen LogP contribution in [0.3, 0.4) is 0 Å². The highest BCUT2D eigenvalue weighted by Crippen LogP contribution is 2.32. The first-order valence-corrected chi connectivity index (χ1v) is 7.08. The summed E-state index contributed by atoms with van der Waals surface area (Å²) < 4.78 is 11.1. The fraction of sp³-hybridized carbons (Fsp3) is 0.533. The normalized spacial score (nSPS) is 16.9. The maximum absolute atomic E-state index is 12.0. The first kappa shape index (κ1) is 14.7. The minimum atomic E-state index is -0.504. The molecule has 0 unspecified atom stereocenters. The van der Waals surface area contributed by atoms with Gasteiger partial charge in [-0.15, -0.1) is 0 Å². The maximum atomic E-state index is 12.0. The smallest absolute Gasteiger partial charge is 0.241 e. The molecule has 5 nitrogen and oxygen atoms in total. The number of fused-ring (bicyclic) bond motifs is 1. The molecule has 2 atom stereocenters. The van der Waals surface area contributed by atoms with Gasteiger partial charge in [-0.3, -0.25) is 4.79 Å². The maximum Gasteiger partial charge on any atom is 0.241 e. The second kappa shape index (κ2) is 6.61. The largest absolute Gasteiger partial charge is 0.490 e. The average Bonchev–Trinajstić information content (AvgIpc) is 2.70. The number of nitrogens with one attached hydrogen (secondary N) is 1. The summed E-state index contributed by atoms with van der Waals surface area (Å²) in [6.07, 6.45) is 1.73. The lowest BCUT2D eigenvalue weighted by molar-refractivity contribution is -0.118. The zero-order valence-corrected chi connectivity index (χ0v) is 12.0. The minimum absolute atomic E-state index is 0.149. The molecule has 1 amide bonds. The Morgan fingerprint density at radius 2 is 2.05 bits per heavy atom. The van der Waals surface area contributed by atoms with E-state index in [0.717, 1.165) is 12.8 Å². The monoisotopic (exact) mass is 278 g/mol. The van der Waals surface area contributed by atoms with Crippen molar-refractivity contribution in [3.05, 3.63) is 18.2 Å². The molecule has 1 aliphatic rings. The zero-order chi connectivity index (χ0) is 14.5. The minimum Gasteiger partial charge on any atom is -0.490 e. The van der Waals surface area contributed by atoms with Crippen molar-refractivity contribution in [3.8, 4) is 11.5 Å². The Morgan fingerprint density at radius 3 is 2.75 bits per heavy atom. The number of ether oxygens (including phenoxy) is 2. The number of benzene rings is 1. The van der Waals surface area contributed by atoms with Gasteiger partial charge in [-0.1, -0.05) is 20.3 Å². The fourth-order valence-electron chi connectivity index (χ4n) is 1.98. The van der Waals surface area contributed by atoms with Crippen molar-refractivity contribution < 1.29 is 14.3 Å². The molecule has 20 heavy (non-hydrogen) atoms. The molecule has 1 aromatic rings. The molecule has 5 heteroatoms. The molecule has 1 aliphatic heterocycles. The summed E-state index contributed by atoms with van der Waals surface area (Å²) in [5.74, 6) is 1.35. The molecule has 3 N–H and O–H groups in total. The first-order chi connectivity index (χ1) is 9.61. The lowest BCUT2D eigenvalue weighted by atomic mass is 9.99. The summed E-state index contributed by atoms with van der Waals surface area (Å²) in [5.41, 5.74) is 6.59. The summed E-state index contributed by atoms with van der Waals surface area (Å²) in [6, 6.07) is 4.89. The summed E-state index contributed by atoms with van der Waals surface area (Å²) >= 11 is 0. The van der Waals surface area contributed by atoms with Crippen molar-refractivity contribution in [1.82, 2.24) is 0 Å². The Kier molecular flexibility index (Phi) is 4.84. The molecular formula is C15H22N2O3. The Labute approximate surface area is 119 Å². The van der Waals surface area contributed by atoms with E-state index in [4.69, 9.17) is 15.2 Å². The van der Waals surface area contributed by atoms with Crippen molar-refractivity contribution >= 4 is 11.6 Å². The SMILES string of the molecule is CC[C@H](C)[C@H](N)C(=O)Nc1ccc2c(c1)OCCCO2. The molecule has 0 radical (unpaired) electrons. The summed E-state index contributed by atoms with van der Waals surface area (Å²) in [6.45, 7) is 5.26. The van der Waals surface area contributed by atoms with Crippen LogP contribution in [0.4, 0.5) is 5.69 Å². The van der Waals surface area contributed by atoms with Gasteiger partial charge >= 0.3 is 0 Å². The highest BCUT2D eigenvalue weighted by atomic mass is 16.5. The highest BCUT2D eigenvalue weighted by molar-refractivity contribution is 5.95. The number of hydrogen-bond acceptors (Lipinski definition) is 4. The van der Waals surface area contributed by atoms with Gasteiger partial charge in [0.25, 0.3) is 0 Å². The molecule has 0 saturated carbocycles. The van der Waals surface area contributed by atoms with Crippen LogP contribution in [0.2, 0.25) is 0 Å². The van der Waals surface area contributed by atoms with Gasteiger partial charge in [0.1, 0.15) is 0 Å². The number of anilines is 1. The lowest BCUT2D eigenvalue weighted by Crippen LogP contribution is -2.40. The third-order valence-electron chi connectivity index (χ3n) is 3.57. The van der Waals surface area contributed by atoms with Crippen LogP contribution in [0, 0.1) is 5.92 Å². The van der Waals surface area contributed by atoms with Gasteiger partial charge in [0, 0.05) is 18.2 Å². The van der Waals surface area contributed by atoms with Gasteiger partial charge in [-0.25, -0.2) is 0 Å². The molecule has 2 rings (SSSR count). The van der Waals surface area contributed by atoms with Gasteiger partial charge in [0.05, 0.1) is 19.3 Å². The van der Waals surface area contributed by atoms with E-state index in [0.29, 0.717) is 30.4 Å². The topological polar surface area (TPSA) is 73.6 Å². The van der Waals surface area contributed by atoms with Gasteiger partial charge in [-0.2, -0.15) is 0 Å². The number of rotatable bonds is 4. The van der Waals surface area contributed by atoms with Gasteiger partial charge < -0.3 is 20.5 Å². The standard InChI is InChI=1S/C15H22N2O3/c1-3-10(2)14(16)15(18)17-11-5-6-12-13(9-11)20-8-4-7-19-12/h5-6,9-10,14H,3-4,7-8,16H2,1-2H3,(H,17,18)/t10-,14-/m0/s1. The van der Waals surface area contributed by atoms with E-state index in [2.05, 4.69) is 5.32 Å². The fourth-order valence-corrected chi connectivity index (χ4v) is 1.98. The van der Waals surface area contributed by atoms with Crippen molar-refractivity contribution in [2.45, 2.75) is 32.7 Å². The van der Waals surface area contributed by atoms with Crippen LogP contribution in [0.25, 0.3) is 0 Å². The molecule has 0 bridgehead atoms. The predicted molar refractivity (Wildman–Crippen MR) is 78.1 cm³/mol. The Morgan fingerprint density at radius 1 is 1.35 bits per heavy atom. The summed E-state index contributed by atoms with van der Waals surface area (Å²) in [5, 5.41) is 2.83. The van der Waals surface area contributed by atoms with Crippen molar-refractivity contribution in [3.63, 3.8) is 0 Å². The van der Waals surface area contributed by atoms with E-state index in [-0.39, 0.29) is 11.8 Å². The third-order valence-corrected chi connectivity index (χ3v) is 3.57. The predicted octanol–water partition coefficient (Wildman–Crippen LogP) is 2.16. The van der Waals surface area contributed by atoms with Gasteiger partial charge in [0.15, 0.2) is 11.5 Å². The van der Waals surface area contributed by atoms with Crippen molar-refractivity contribution in [2.75, 3.05) is 18.5 Å². The van der Waals surface area contributed by atoms with Crippen LogP contribution in [-0.2, 0) is 4.79 Å². The number of carbonyl (C=O) groups is 1. The average molecular weight is 278 g/mol. The second-order valence-electron chi connectivity index (χ2n) is 5.11. The lowest BCUT2D eigenvalue weighted by Gasteiger charge is -2.18. The second-order valence-corrected chi connectivity index (χ2v) is 5.11.